The predicted molar refractivity (Wildman–Crippen MR) is 65.2 cm³/mol. The van der Waals surface area contributed by atoms with Crippen molar-refractivity contribution in [3.63, 3.8) is 0 Å². The van der Waals surface area contributed by atoms with E-state index < -0.39 is 0 Å². The number of rotatable bonds is 2. The quantitative estimate of drug-likeness (QED) is 0.783. The van der Waals surface area contributed by atoms with Gasteiger partial charge in [-0.25, -0.2) is 4.98 Å². The maximum atomic E-state index is 5.71. The molecule has 0 saturated carbocycles. The van der Waals surface area contributed by atoms with Gasteiger partial charge in [0.15, 0.2) is 0 Å². The number of benzene rings is 1. The Morgan fingerprint density at radius 2 is 2.06 bits per heavy atom. The molecule has 0 bridgehead atoms. The monoisotopic (exact) mass is 216 g/mol. The molecule has 0 radical (unpaired) electrons. The molecule has 0 saturated heterocycles. The summed E-state index contributed by atoms with van der Waals surface area (Å²) in [5.74, 6) is 1.93. The molecule has 0 aliphatic rings. The molecule has 0 amide bonds. The fraction of sp³-hybridized carbons (Fsp3) is 0.308. The third-order valence-electron chi connectivity index (χ3n) is 2.57. The van der Waals surface area contributed by atoms with Gasteiger partial charge in [-0.05, 0) is 30.7 Å². The van der Waals surface area contributed by atoms with Crippen LogP contribution in [0.5, 0.6) is 0 Å². The average Bonchev–Trinajstić information content (AvgIpc) is 2.66. The smallest absolute Gasteiger partial charge is 0.226 e. The Bertz CT molecular complexity index is 500. The number of aryl methyl sites for hydroxylation is 1. The molecule has 3 heteroatoms. The topological polar surface area (TPSA) is 52.0 Å². The molecule has 16 heavy (non-hydrogen) atoms. The summed E-state index contributed by atoms with van der Waals surface area (Å²) in [6, 6.07) is 5.73. The molecule has 0 fully saturated rings. The van der Waals surface area contributed by atoms with E-state index in [1.54, 1.807) is 6.20 Å². The van der Waals surface area contributed by atoms with Gasteiger partial charge >= 0.3 is 0 Å². The lowest BCUT2D eigenvalue weighted by Gasteiger charge is -2.03. The number of anilines is 1. The first-order valence-corrected chi connectivity index (χ1v) is 5.40. The highest BCUT2D eigenvalue weighted by Gasteiger charge is 2.11. The van der Waals surface area contributed by atoms with Crippen LogP contribution in [0, 0.1) is 6.92 Å². The number of nitrogens with zero attached hydrogens (tertiary/aromatic N) is 1. The molecule has 1 aromatic carbocycles. The molecule has 0 aliphatic heterocycles. The first-order chi connectivity index (χ1) is 7.58. The van der Waals surface area contributed by atoms with Crippen molar-refractivity contribution in [1.82, 2.24) is 4.98 Å². The van der Waals surface area contributed by atoms with Gasteiger partial charge in [0, 0.05) is 17.2 Å². The molecular weight excluding hydrogens is 200 g/mol. The van der Waals surface area contributed by atoms with Gasteiger partial charge in [-0.1, -0.05) is 13.8 Å². The third kappa shape index (κ3) is 1.94. The molecule has 0 unspecified atom stereocenters. The minimum Gasteiger partial charge on any atom is -0.441 e. The van der Waals surface area contributed by atoms with Crippen LogP contribution in [0.3, 0.4) is 0 Å². The molecule has 0 aliphatic carbocycles. The van der Waals surface area contributed by atoms with E-state index in [1.807, 2.05) is 25.1 Å². The number of aromatic nitrogens is 1. The van der Waals surface area contributed by atoms with E-state index >= 15 is 0 Å². The summed E-state index contributed by atoms with van der Waals surface area (Å²) in [6.07, 6.45) is 1.79. The molecule has 0 atom stereocenters. The Hall–Kier alpha value is -1.77. The Labute approximate surface area is 95.3 Å². The fourth-order valence-corrected chi connectivity index (χ4v) is 1.60. The molecule has 3 nitrogen and oxygen atoms in total. The van der Waals surface area contributed by atoms with Crippen molar-refractivity contribution in [2.45, 2.75) is 26.7 Å². The van der Waals surface area contributed by atoms with Crippen molar-refractivity contribution in [2.75, 3.05) is 5.73 Å². The Morgan fingerprint density at radius 1 is 1.31 bits per heavy atom. The van der Waals surface area contributed by atoms with Gasteiger partial charge < -0.3 is 10.2 Å². The Balaban J connectivity index is 2.42. The van der Waals surface area contributed by atoms with Crippen LogP contribution in [0.25, 0.3) is 11.5 Å². The predicted octanol–water partition coefficient (Wildman–Crippen LogP) is 3.36. The Morgan fingerprint density at radius 3 is 2.62 bits per heavy atom. The van der Waals surface area contributed by atoms with Gasteiger partial charge in [0.25, 0.3) is 0 Å². The summed E-state index contributed by atoms with van der Waals surface area (Å²) in [5.41, 5.74) is 8.55. The van der Waals surface area contributed by atoms with Crippen molar-refractivity contribution in [2.24, 2.45) is 0 Å². The number of oxazole rings is 1. The molecule has 84 valence electrons. The summed E-state index contributed by atoms with van der Waals surface area (Å²) in [6.45, 7) is 6.17. The first kappa shape index (κ1) is 10.7. The SMILES string of the molecule is Cc1cc(N)ccc1-c1ncc(C(C)C)o1. The highest BCUT2D eigenvalue weighted by Crippen LogP contribution is 2.26. The van der Waals surface area contributed by atoms with Crippen molar-refractivity contribution < 1.29 is 4.42 Å². The first-order valence-electron chi connectivity index (χ1n) is 5.40. The molecule has 1 aromatic heterocycles. The van der Waals surface area contributed by atoms with Gasteiger partial charge in [0.05, 0.1) is 6.20 Å². The van der Waals surface area contributed by atoms with E-state index in [1.165, 1.54) is 0 Å². The van der Waals surface area contributed by atoms with E-state index in [9.17, 15) is 0 Å². The summed E-state index contributed by atoms with van der Waals surface area (Å²) >= 11 is 0. The minimum absolute atomic E-state index is 0.357. The van der Waals surface area contributed by atoms with Gasteiger partial charge in [0.2, 0.25) is 5.89 Å². The minimum atomic E-state index is 0.357. The van der Waals surface area contributed by atoms with Gasteiger partial charge in [-0.3, -0.25) is 0 Å². The third-order valence-corrected chi connectivity index (χ3v) is 2.57. The van der Waals surface area contributed by atoms with Gasteiger partial charge in [0.1, 0.15) is 5.76 Å². The second-order valence-electron chi connectivity index (χ2n) is 4.30. The maximum absolute atomic E-state index is 5.71. The van der Waals surface area contributed by atoms with Crippen LogP contribution >= 0.6 is 0 Å². The van der Waals surface area contributed by atoms with Crippen LogP contribution in [0.15, 0.2) is 28.8 Å². The number of nitrogens with two attached hydrogens (primary N) is 1. The zero-order chi connectivity index (χ0) is 11.7. The fourth-order valence-electron chi connectivity index (χ4n) is 1.60. The number of nitrogen functional groups attached to an aromatic ring is 1. The Kier molecular flexibility index (Phi) is 2.69. The molecule has 2 N–H and O–H groups in total. The second-order valence-corrected chi connectivity index (χ2v) is 4.30. The molecule has 2 rings (SSSR count). The maximum Gasteiger partial charge on any atom is 0.226 e. The highest BCUT2D eigenvalue weighted by atomic mass is 16.4. The standard InChI is InChI=1S/C13H16N2O/c1-8(2)12-7-15-13(16-12)11-5-4-10(14)6-9(11)3/h4-8H,14H2,1-3H3. The van der Waals surface area contributed by atoms with Crippen molar-refractivity contribution in [3.8, 4) is 11.5 Å². The summed E-state index contributed by atoms with van der Waals surface area (Å²) in [4.78, 5) is 4.29. The normalized spacial score (nSPS) is 11.0. The summed E-state index contributed by atoms with van der Waals surface area (Å²) < 4.78 is 5.70. The number of hydrogen-bond acceptors (Lipinski definition) is 3. The van der Waals surface area contributed by atoms with Crippen LogP contribution in [0.4, 0.5) is 5.69 Å². The van der Waals surface area contributed by atoms with E-state index in [0.717, 1.165) is 22.6 Å². The highest BCUT2D eigenvalue weighted by molar-refractivity contribution is 5.62. The molecule has 0 spiro atoms. The van der Waals surface area contributed by atoms with Crippen LogP contribution < -0.4 is 5.73 Å². The number of hydrogen-bond donors (Lipinski definition) is 1. The second kappa shape index (κ2) is 4.00. The molecular formula is C13H16N2O. The van der Waals surface area contributed by atoms with E-state index in [-0.39, 0.29) is 0 Å². The largest absolute Gasteiger partial charge is 0.441 e. The van der Waals surface area contributed by atoms with Gasteiger partial charge in [-0.15, -0.1) is 0 Å². The van der Waals surface area contributed by atoms with E-state index in [4.69, 9.17) is 10.2 Å². The van der Waals surface area contributed by atoms with E-state index in [0.29, 0.717) is 11.8 Å². The summed E-state index contributed by atoms with van der Waals surface area (Å²) in [5, 5.41) is 0. The van der Waals surface area contributed by atoms with Crippen LogP contribution in [-0.2, 0) is 0 Å². The van der Waals surface area contributed by atoms with Crippen LogP contribution in [-0.4, -0.2) is 4.98 Å². The van der Waals surface area contributed by atoms with Crippen molar-refractivity contribution in [3.05, 3.63) is 35.7 Å². The average molecular weight is 216 g/mol. The zero-order valence-corrected chi connectivity index (χ0v) is 9.82. The molecule has 2 aromatic rings. The van der Waals surface area contributed by atoms with Crippen LogP contribution in [0.2, 0.25) is 0 Å². The van der Waals surface area contributed by atoms with Crippen molar-refractivity contribution >= 4 is 5.69 Å². The van der Waals surface area contributed by atoms with E-state index in [2.05, 4.69) is 18.8 Å². The summed E-state index contributed by atoms with van der Waals surface area (Å²) in [7, 11) is 0. The lowest BCUT2D eigenvalue weighted by atomic mass is 10.1. The van der Waals surface area contributed by atoms with Crippen LogP contribution in [0.1, 0.15) is 31.1 Å². The lowest BCUT2D eigenvalue weighted by molar-refractivity contribution is 0.495. The van der Waals surface area contributed by atoms with Gasteiger partial charge in [-0.2, -0.15) is 0 Å². The van der Waals surface area contributed by atoms with Crippen molar-refractivity contribution in [1.29, 1.82) is 0 Å². The molecule has 1 heterocycles. The zero-order valence-electron chi connectivity index (χ0n) is 9.82. The lowest BCUT2D eigenvalue weighted by Crippen LogP contribution is -1.88.